The van der Waals surface area contributed by atoms with Crippen LogP contribution >= 0.6 is 0 Å². The van der Waals surface area contributed by atoms with Crippen molar-refractivity contribution in [2.24, 2.45) is 62.1 Å². The number of allylic oxidation sites excluding steroid dienone is 1. The number of carbonyl (C=O) groups excluding carboxylic acids is 2. The van der Waals surface area contributed by atoms with E-state index in [0.717, 1.165) is 70.0 Å². The number of hydrogen-bond acceptors (Lipinski definition) is 5. The molecule has 0 spiro atoms. The lowest BCUT2D eigenvalue weighted by Gasteiger charge is -2.72. The van der Waals surface area contributed by atoms with Gasteiger partial charge in [0, 0.05) is 12.0 Å². The van der Waals surface area contributed by atoms with E-state index in [1.807, 2.05) is 12.1 Å². The average Bonchev–Trinajstić information content (AvgIpc) is 3.48. The van der Waals surface area contributed by atoms with E-state index in [4.69, 9.17) is 9.47 Å². The van der Waals surface area contributed by atoms with Crippen molar-refractivity contribution >= 4 is 17.8 Å². The third kappa shape index (κ3) is 6.03. The molecule has 0 heterocycles. The zero-order valence-corrected chi connectivity index (χ0v) is 33.7. The number of methoxy groups -OCH3 is 1. The van der Waals surface area contributed by atoms with Crippen molar-refractivity contribution in [2.45, 2.75) is 139 Å². The molecule has 5 aliphatic rings. The van der Waals surface area contributed by atoms with Crippen LogP contribution in [0.5, 0.6) is 5.75 Å². The van der Waals surface area contributed by atoms with Crippen LogP contribution < -0.4 is 10.1 Å². The summed E-state index contributed by atoms with van der Waals surface area (Å²) in [4.78, 5) is 39.3. The van der Waals surface area contributed by atoms with Gasteiger partial charge in [-0.3, -0.25) is 14.4 Å². The molecule has 1 aromatic rings. The molecule has 288 valence electrons. The zero-order chi connectivity index (χ0) is 38.1. The van der Waals surface area contributed by atoms with Crippen molar-refractivity contribution in [2.75, 3.05) is 13.7 Å². The van der Waals surface area contributed by atoms with Crippen LogP contribution in [0.2, 0.25) is 0 Å². The Balaban J connectivity index is 1.22. The molecule has 52 heavy (non-hydrogen) atoms. The Bertz CT molecular complexity index is 1560. The van der Waals surface area contributed by atoms with Crippen molar-refractivity contribution in [1.82, 2.24) is 5.32 Å². The highest BCUT2D eigenvalue weighted by Gasteiger charge is 2.72. The summed E-state index contributed by atoms with van der Waals surface area (Å²) < 4.78 is 11.5. The minimum atomic E-state index is -1.15. The number of rotatable bonds is 10. The summed E-state index contributed by atoms with van der Waals surface area (Å²) in [5.41, 5.74) is 1.12. The quantitative estimate of drug-likeness (QED) is 0.185. The third-order valence-electron chi connectivity index (χ3n) is 16.8. The maximum absolute atomic E-state index is 14.5. The highest BCUT2D eigenvalue weighted by Crippen LogP contribution is 2.77. The van der Waals surface area contributed by atoms with Gasteiger partial charge in [0.1, 0.15) is 11.9 Å². The summed E-state index contributed by atoms with van der Waals surface area (Å²) in [6.07, 6.45) is 10.9. The Hall–Kier alpha value is -2.83. The van der Waals surface area contributed by atoms with Gasteiger partial charge in [-0.1, -0.05) is 58.9 Å². The molecule has 0 saturated heterocycles. The SMILES string of the molecule is C=C(C)[C@@H]1CC[C@]2(C(=O)NCCc3ccc(OC)cc3)CC[C@]3(C)C(CCC4[C@@]5(C)CC[C@H](OC(=O)CC(C)(C)C(=O)O)C(C)(C)C5CC[C@]43C)[C@@H]12. The smallest absolute Gasteiger partial charge is 0.309 e. The fourth-order valence-electron chi connectivity index (χ4n) is 13.6. The highest BCUT2D eigenvalue weighted by molar-refractivity contribution is 5.84. The van der Waals surface area contributed by atoms with Crippen LogP contribution in [0.4, 0.5) is 0 Å². The number of carbonyl (C=O) groups is 3. The van der Waals surface area contributed by atoms with Crippen LogP contribution in [0, 0.1) is 62.1 Å². The number of ether oxygens (including phenoxy) is 2. The van der Waals surface area contributed by atoms with Crippen LogP contribution in [0.15, 0.2) is 36.4 Å². The van der Waals surface area contributed by atoms with Gasteiger partial charge in [-0.15, -0.1) is 0 Å². The Kier molecular flexibility index (Phi) is 10.1. The maximum atomic E-state index is 14.5. The number of aliphatic carboxylic acids is 1. The third-order valence-corrected chi connectivity index (χ3v) is 16.8. The monoisotopic (exact) mass is 717 g/mol. The highest BCUT2D eigenvalue weighted by atomic mass is 16.5. The van der Waals surface area contributed by atoms with E-state index in [-0.39, 0.29) is 45.5 Å². The molecule has 0 bridgehead atoms. The number of hydrogen-bond donors (Lipinski definition) is 2. The minimum Gasteiger partial charge on any atom is -0.497 e. The first-order chi connectivity index (χ1) is 24.3. The zero-order valence-electron chi connectivity index (χ0n) is 33.7. The van der Waals surface area contributed by atoms with Gasteiger partial charge >= 0.3 is 11.9 Å². The predicted molar refractivity (Wildman–Crippen MR) is 205 cm³/mol. The maximum Gasteiger partial charge on any atom is 0.309 e. The molecule has 1 amide bonds. The largest absolute Gasteiger partial charge is 0.497 e. The first-order valence-electron chi connectivity index (χ1n) is 20.3. The molecule has 0 radical (unpaired) electrons. The molecule has 10 atom stereocenters. The first-order valence-corrected chi connectivity index (χ1v) is 20.3. The van der Waals surface area contributed by atoms with E-state index in [1.54, 1.807) is 21.0 Å². The van der Waals surface area contributed by atoms with Gasteiger partial charge in [-0.25, -0.2) is 0 Å². The van der Waals surface area contributed by atoms with Crippen molar-refractivity contribution in [1.29, 1.82) is 0 Å². The summed E-state index contributed by atoms with van der Waals surface area (Å²) in [7, 11) is 1.68. The number of fused-ring (bicyclic) bond motifs is 7. The summed E-state index contributed by atoms with van der Waals surface area (Å²) in [6, 6.07) is 8.14. The fraction of sp³-hybridized carbons (Fsp3) is 0.756. The first kappa shape index (κ1) is 38.9. The van der Waals surface area contributed by atoms with Gasteiger partial charge in [0.05, 0.1) is 24.4 Å². The van der Waals surface area contributed by atoms with Gasteiger partial charge in [0.25, 0.3) is 0 Å². The van der Waals surface area contributed by atoms with E-state index >= 15 is 0 Å². The Morgan fingerprint density at radius 3 is 2.21 bits per heavy atom. The van der Waals surface area contributed by atoms with E-state index in [9.17, 15) is 19.5 Å². The Labute approximate surface area is 313 Å². The molecule has 7 nitrogen and oxygen atoms in total. The normalized spacial score (nSPS) is 39.2. The van der Waals surface area contributed by atoms with Crippen molar-refractivity contribution < 1.29 is 29.0 Å². The van der Waals surface area contributed by atoms with Gasteiger partial charge in [-0.05, 0) is 155 Å². The van der Waals surface area contributed by atoms with E-state index in [2.05, 4.69) is 65.6 Å². The standard InChI is InChI=1S/C45H67NO6/c1-28(2)31-17-23-45(38(48)46-26-20-29-11-13-30(51-10)14-12-29)25-24-43(8)32(37(31)45)15-16-34-42(7)21-19-35(52-36(47)27-40(3,4)39(49)50)41(5,6)33(42)18-22-44(34,43)9/h11-14,31-35,37H,1,15-27H2,2-10H3,(H,46,48)(H,49,50)/t31-,32?,33?,34?,35-,37+,42-,43+,44+,45-/m0/s1. The van der Waals surface area contributed by atoms with E-state index in [1.165, 1.54) is 17.6 Å². The topological polar surface area (TPSA) is 102 Å². The molecule has 5 fully saturated rings. The molecule has 0 aromatic heterocycles. The molecule has 5 aliphatic carbocycles. The minimum absolute atomic E-state index is 0.116. The second kappa shape index (κ2) is 13.5. The van der Waals surface area contributed by atoms with Crippen LogP contribution in [-0.2, 0) is 25.5 Å². The van der Waals surface area contributed by atoms with Crippen LogP contribution in [-0.4, -0.2) is 42.7 Å². The number of carboxylic acids is 1. The molecule has 0 aliphatic heterocycles. The average molecular weight is 718 g/mol. The van der Waals surface area contributed by atoms with E-state index in [0.29, 0.717) is 36.1 Å². The lowest BCUT2D eigenvalue weighted by molar-refractivity contribution is -0.249. The summed E-state index contributed by atoms with van der Waals surface area (Å²) >= 11 is 0. The summed E-state index contributed by atoms with van der Waals surface area (Å²) in [5.74, 6) is 1.86. The van der Waals surface area contributed by atoms with Gasteiger partial charge in [-0.2, -0.15) is 0 Å². The van der Waals surface area contributed by atoms with Crippen molar-refractivity contribution in [3.63, 3.8) is 0 Å². The van der Waals surface area contributed by atoms with Crippen LogP contribution in [0.25, 0.3) is 0 Å². The van der Waals surface area contributed by atoms with Gasteiger partial charge < -0.3 is 19.9 Å². The second-order valence-electron chi connectivity index (χ2n) is 19.9. The predicted octanol–water partition coefficient (Wildman–Crippen LogP) is 9.42. The number of benzene rings is 1. The molecule has 5 saturated carbocycles. The molecule has 2 N–H and O–H groups in total. The molecular formula is C45H67NO6. The van der Waals surface area contributed by atoms with Gasteiger partial charge in [0.2, 0.25) is 5.91 Å². The number of carboxylic acid groups (broad SMARTS) is 1. The second-order valence-corrected chi connectivity index (χ2v) is 19.9. The van der Waals surface area contributed by atoms with Crippen molar-refractivity contribution in [3.05, 3.63) is 42.0 Å². The van der Waals surface area contributed by atoms with Crippen LogP contribution in [0.1, 0.15) is 132 Å². The van der Waals surface area contributed by atoms with E-state index < -0.39 is 17.4 Å². The molecule has 3 unspecified atom stereocenters. The van der Waals surface area contributed by atoms with Gasteiger partial charge in [0.15, 0.2) is 0 Å². The Morgan fingerprint density at radius 1 is 0.885 bits per heavy atom. The number of nitrogens with one attached hydrogen (secondary N) is 1. The number of esters is 1. The fourth-order valence-corrected chi connectivity index (χ4v) is 13.6. The molecular weight excluding hydrogens is 650 g/mol. The lowest BCUT2D eigenvalue weighted by atomic mass is 9.32. The van der Waals surface area contributed by atoms with Crippen LogP contribution in [0.3, 0.4) is 0 Å². The lowest BCUT2D eigenvalue weighted by Crippen LogP contribution is -2.67. The van der Waals surface area contributed by atoms with Crippen molar-refractivity contribution in [3.8, 4) is 5.75 Å². The molecule has 7 heteroatoms. The molecule has 6 rings (SSSR count). The summed E-state index contributed by atoms with van der Waals surface area (Å²) in [5, 5.41) is 13.1. The molecule has 1 aromatic carbocycles. The number of amides is 1. The summed E-state index contributed by atoms with van der Waals surface area (Å²) in [6.45, 7) is 22.9. The Morgan fingerprint density at radius 2 is 1.58 bits per heavy atom.